The number of nitrogens with one attached hydrogen (secondary N) is 1. The van der Waals surface area contributed by atoms with Crippen LogP contribution in [0.5, 0.6) is 0 Å². The molecule has 0 radical (unpaired) electrons. The summed E-state index contributed by atoms with van der Waals surface area (Å²) in [6.45, 7) is 4.16. The monoisotopic (exact) mass is 246 g/mol. The highest BCUT2D eigenvalue weighted by Gasteiger charge is 2.17. The summed E-state index contributed by atoms with van der Waals surface area (Å²) in [6.07, 6.45) is 13.3. The summed E-state index contributed by atoms with van der Waals surface area (Å²) in [6, 6.07) is 0. The van der Waals surface area contributed by atoms with Gasteiger partial charge in [0.2, 0.25) is 0 Å². The maximum Gasteiger partial charge on any atom is 0.0741 e. The van der Waals surface area contributed by atoms with Gasteiger partial charge in [0.25, 0.3) is 0 Å². The molecule has 1 unspecified atom stereocenters. The van der Waals surface area contributed by atoms with Crippen molar-refractivity contribution < 1.29 is 0 Å². The van der Waals surface area contributed by atoms with Crippen LogP contribution >= 0.6 is 0 Å². The van der Waals surface area contributed by atoms with E-state index in [1.807, 2.05) is 6.20 Å². The number of hydrogen-bond donors (Lipinski definition) is 2. The fraction of sp³-hybridized carbons (Fsp3) is 0.625. The number of hydrogen-bond acceptors (Lipinski definition) is 2. The van der Waals surface area contributed by atoms with Crippen molar-refractivity contribution in [3.8, 4) is 0 Å². The summed E-state index contributed by atoms with van der Waals surface area (Å²) < 4.78 is 0. The average molecular weight is 246 g/mol. The van der Waals surface area contributed by atoms with Crippen LogP contribution < -0.4 is 11.1 Å². The van der Waals surface area contributed by atoms with Crippen LogP contribution in [0.15, 0.2) is 34.6 Å². The van der Waals surface area contributed by atoms with Crippen molar-refractivity contribution >= 4 is 0 Å². The third-order valence-corrected chi connectivity index (χ3v) is 3.87. The zero-order chi connectivity index (χ0) is 13.0. The van der Waals surface area contributed by atoms with Gasteiger partial charge in [-0.25, -0.2) is 0 Å². The average Bonchev–Trinajstić information content (AvgIpc) is 2.81. The van der Waals surface area contributed by atoms with E-state index >= 15 is 0 Å². The minimum atomic E-state index is 0.0831. The fourth-order valence-corrected chi connectivity index (χ4v) is 2.81. The van der Waals surface area contributed by atoms with Gasteiger partial charge in [-0.2, -0.15) is 0 Å². The lowest BCUT2D eigenvalue weighted by atomic mass is 9.91. The maximum atomic E-state index is 6.05. The van der Waals surface area contributed by atoms with Crippen LogP contribution in [-0.2, 0) is 0 Å². The predicted octanol–water partition coefficient (Wildman–Crippen LogP) is 3.77. The molecule has 0 spiro atoms. The van der Waals surface area contributed by atoms with Crippen molar-refractivity contribution in [1.29, 1.82) is 0 Å². The van der Waals surface area contributed by atoms with Gasteiger partial charge in [0.15, 0.2) is 0 Å². The number of rotatable bonds is 5. The summed E-state index contributed by atoms with van der Waals surface area (Å²) in [7, 11) is 0. The third-order valence-electron chi connectivity index (χ3n) is 3.87. The molecule has 0 aromatic rings. The first-order valence-electron chi connectivity index (χ1n) is 7.20. The van der Waals surface area contributed by atoms with Gasteiger partial charge >= 0.3 is 0 Å². The van der Waals surface area contributed by atoms with Crippen molar-refractivity contribution in [3.63, 3.8) is 0 Å². The van der Waals surface area contributed by atoms with E-state index in [9.17, 15) is 0 Å². The van der Waals surface area contributed by atoms with E-state index < -0.39 is 0 Å². The van der Waals surface area contributed by atoms with Crippen LogP contribution in [0.3, 0.4) is 0 Å². The largest absolute Gasteiger partial charge is 0.376 e. The fourth-order valence-electron chi connectivity index (χ4n) is 2.81. The highest BCUT2D eigenvalue weighted by Crippen LogP contribution is 2.36. The summed E-state index contributed by atoms with van der Waals surface area (Å²) in [4.78, 5) is 0. The Bertz CT molecular complexity index is 384. The van der Waals surface area contributed by atoms with Crippen molar-refractivity contribution in [3.05, 3.63) is 34.6 Å². The van der Waals surface area contributed by atoms with E-state index in [0.717, 1.165) is 12.8 Å². The zero-order valence-corrected chi connectivity index (χ0v) is 11.8. The number of allylic oxidation sites excluding steroid dienone is 5. The van der Waals surface area contributed by atoms with Gasteiger partial charge in [-0.05, 0) is 70.6 Å². The minimum absolute atomic E-state index is 0.0831. The first-order valence-corrected chi connectivity index (χ1v) is 7.20. The van der Waals surface area contributed by atoms with Crippen molar-refractivity contribution in [2.75, 3.05) is 0 Å². The quantitative estimate of drug-likeness (QED) is 0.725. The van der Waals surface area contributed by atoms with Crippen LogP contribution in [0.4, 0.5) is 0 Å². The van der Waals surface area contributed by atoms with Crippen molar-refractivity contribution in [2.24, 2.45) is 5.73 Å². The SMILES string of the molecule is CC(C)=CNC(N)CCC1=CC2=C(CCC2)CC1. The van der Waals surface area contributed by atoms with Crippen LogP contribution in [0.1, 0.15) is 58.8 Å². The second kappa shape index (κ2) is 6.24. The Kier molecular flexibility index (Phi) is 4.65. The lowest BCUT2D eigenvalue weighted by Crippen LogP contribution is -2.33. The van der Waals surface area contributed by atoms with Gasteiger partial charge in [-0.3, -0.25) is 0 Å². The second-order valence-corrected chi connectivity index (χ2v) is 5.82. The van der Waals surface area contributed by atoms with Gasteiger partial charge < -0.3 is 11.1 Å². The molecule has 100 valence electrons. The van der Waals surface area contributed by atoms with Gasteiger partial charge in [-0.15, -0.1) is 0 Å². The molecule has 0 bridgehead atoms. The van der Waals surface area contributed by atoms with Crippen LogP contribution in [0, 0.1) is 0 Å². The minimum Gasteiger partial charge on any atom is -0.376 e. The topological polar surface area (TPSA) is 38.0 Å². The molecule has 2 rings (SSSR count). The summed E-state index contributed by atoms with van der Waals surface area (Å²) >= 11 is 0. The van der Waals surface area contributed by atoms with E-state index in [2.05, 4.69) is 25.2 Å². The molecule has 2 aliphatic rings. The molecule has 0 saturated carbocycles. The van der Waals surface area contributed by atoms with Crippen molar-refractivity contribution in [2.45, 2.75) is 65.0 Å². The summed E-state index contributed by atoms with van der Waals surface area (Å²) in [5.41, 5.74) is 12.3. The van der Waals surface area contributed by atoms with Crippen molar-refractivity contribution in [1.82, 2.24) is 5.32 Å². The Morgan fingerprint density at radius 3 is 2.94 bits per heavy atom. The van der Waals surface area contributed by atoms with E-state index in [0.29, 0.717) is 0 Å². The summed E-state index contributed by atoms with van der Waals surface area (Å²) in [5, 5.41) is 3.24. The molecule has 1 atom stereocenters. The van der Waals surface area contributed by atoms with Gasteiger partial charge in [0.05, 0.1) is 6.17 Å². The van der Waals surface area contributed by atoms with Gasteiger partial charge in [-0.1, -0.05) is 22.8 Å². The highest BCUT2D eigenvalue weighted by molar-refractivity contribution is 5.36. The normalized spacial score (nSPS) is 20.3. The first-order chi connectivity index (χ1) is 8.65. The number of nitrogens with two attached hydrogens (primary N) is 1. The van der Waals surface area contributed by atoms with Gasteiger partial charge in [0, 0.05) is 0 Å². The Hall–Kier alpha value is -1.02. The lowest BCUT2D eigenvalue weighted by Gasteiger charge is -2.18. The molecule has 0 saturated heterocycles. The van der Waals surface area contributed by atoms with Crippen LogP contribution in [0.2, 0.25) is 0 Å². The molecule has 18 heavy (non-hydrogen) atoms. The Balaban J connectivity index is 1.79. The van der Waals surface area contributed by atoms with E-state index in [4.69, 9.17) is 5.73 Å². The molecule has 3 N–H and O–H groups in total. The smallest absolute Gasteiger partial charge is 0.0741 e. The molecule has 0 fully saturated rings. The Labute approximate surface area is 111 Å². The van der Waals surface area contributed by atoms with Crippen LogP contribution in [-0.4, -0.2) is 6.17 Å². The molecule has 0 amide bonds. The molecular formula is C16H26N2. The van der Waals surface area contributed by atoms with Crippen LogP contribution in [0.25, 0.3) is 0 Å². The van der Waals surface area contributed by atoms with E-state index in [1.54, 1.807) is 16.7 Å². The summed E-state index contributed by atoms with van der Waals surface area (Å²) in [5.74, 6) is 0. The Morgan fingerprint density at radius 1 is 1.33 bits per heavy atom. The molecule has 2 aliphatic carbocycles. The molecular weight excluding hydrogens is 220 g/mol. The first kappa shape index (κ1) is 13.4. The van der Waals surface area contributed by atoms with Gasteiger partial charge in [0.1, 0.15) is 0 Å². The predicted molar refractivity (Wildman–Crippen MR) is 78.0 cm³/mol. The molecule has 2 nitrogen and oxygen atoms in total. The maximum absolute atomic E-state index is 6.05. The molecule has 2 heteroatoms. The third kappa shape index (κ3) is 3.74. The molecule has 0 aliphatic heterocycles. The Morgan fingerprint density at radius 2 is 2.17 bits per heavy atom. The molecule has 0 aromatic heterocycles. The van der Waals surface area contributed by atoms with E-state index in [-0.39, 0.29) is 6.17 Å². The lowest BCUT2D eigenvalue weighted by molar-refractivity contribution is 0.552. The van der Waals surface area contributed by atoms with E-state index in [1.165, 1.54) is 37.7 Å². The highest BCUT2D eigenvalue weighted by atomic mass is 15.0. The second-order valence-electron chi connectivity index (χ2n) is 5.82. The zero-order valence-electron chi connectivity index (χ0n) is 11.8. The molecule has 0 aromatic carbocycles. The standard InChI is InChI=1S/C16H26N2/c1-12(2)11-18-16(17)9-7-13-6-8-14-4-3-5-15(14)10-13/h10-11,16,18H,3-9,17H2,1-2H3. The molecule has 0 heterocycles.